The Morgan fingerprint density at radius 1 is 1.41 bits per heavy atom. The molecule has 0 aromatic heterocycles. The largest absolute Gasteiger partial charge is 0.298 e. The maximum atomic E-state index is 11.8. The second-order valence-electron chi connectivity index (χ2n) is 4.76. The van der Waals surface area contributed by atoms with Crippen LogP contribution in [0.3, 0.4) is 0 Å². The molecule has 1 unspecified atom stereocenters. The topological polar surface area (TPSA) is 20.3 Å². The molecule has 0 aliphatic carbocycles. The maximum absolute atomic E-state index is 11.8. The summed E-state index contributed by atoms with van der Waals surface area (Å²) in [6, 6.07) is 0. The van der Waals surface area contributed by atoms with Crippen molar-refractivity contribution in [2.45, 2.75) is 33.1 Å². The molecule has 0 amide bonds. The molecule has 17 heavy (non-hydrogen) atoms. The van der Waals surface area contributed by atoms with E-state index in [4.69, 9.17) is 0 Å². The van der Waals surface area contributed by atoms with E-state index in [-0.39, 0.29) is 5.92 Å². The van der Waals surface area contributed by atoms with Crippen molar-refractivity contribution in [1.29, 1.82) is 0 Å². The van der Waals surface area contributed by atoms with Crippen LogP contribution in [-0.2, 0) is 4.79 Å². The molecule has 0 spiro atoms. The third-order valence-electron chi connectivity index (χ3n) is 3.23. The third kappa shape index (κ3) is 6.27. The van der Waals surface area contributed by atoms with Crippen molar-refractivity contribution in [1.82, 2.24) is 4.90 Å². The SMILES string of the molecule is CCCCC(C)C(=O)/C=C/CN1CCSCC1. The molecule has 2 nitrogen and oxygen atoms in total. The highest BCUT2D eigenvalue weighted by atomic mass is 32.2. The van der Waals surface area contributed by atoms with Gasteiger partial charge < -0.3 is 0 Å². The minimum atomic E-state index is 0.197. The van der Waals surface area contributed by atoms with Gasteiger partial charge in [0.15, 0.2) is 5.78 Å². The lowest BCUT2D eigenvalue weighted by Crippen LogP contribution is -2.32. The molecule has 0 aromatic carbocycles. The first-order chi connectivity index (χ1) is 8.24. The van der Waals surface area contributed by atoms with Crippen LogP contribution in [-0.4, -0.2) is 41.8 Å². The smallest absolute Gasteiger partial charge is 0.158 e. The summed E-state index contributed by atoms with van der Waals surface area (Å²) >= 11 is 2.02. The van der Waals surface area contributed by atoms with Crippen LogP contribution in [0.5, 0.6) is 0 Å². The van der Waals surface area contributed by atoms with E-state index < -0.39 is 0 Å². The van der Waals surface area contributed by atoms with Crippen LogP contribution in [0.2, 0.25) is 0 Å². The van der Waals surface area contributed by atoms with Crippen molar-refractivity contribution >= 4 is 17.5 Å². The van der Waals surface area contributed by atoms with Crippen molar-refractivity contribution in [2.24, 2.45) is 5.92 Å². The Morgan fingerprint density at radius 2 is 2.12 bits per heavy atom. The van der Waals surface area contributed by atoms with E-state index in [1.54, 1.807) is 6.08 Å². The summed E-state index contributed by atoms with van der Waals surface area (Å²) in [6.45, 7) is 7.47. The van der Waals surface area contributed by atoms with Gasteiger partial charge in [0.05, 0.1) is 0 Å². The molecule has 1 aliphatic heterocycles. The molecule has 98 valence electrons. The summed E-state index contributed by atoms with van der Waals surface area (Å²) in [5.41, 5.74) is 0. The first kappa shape index (κ1) is 14.8. The van der Waals surface area contributed by atoms with E-state index in [9.17, 15) is 4.79 Å². The number of hydrogen-bond donors (Lipinski definition) is 0. The summed E-state index contributed by atoms with van der Waals surface area (Å²) in [7, 11) is 0. The number of carbonyl (C=O) groups excluding carboxylic acids is 1. The predicted molar refractivity (Wildman–Crippen MR) is 76.6 cm³/mol. The Hall–Kier alpha value is -0.280. The molecule has 1 aliphatic rings. The van der Waals surface area contributed by atoms with Crippen molar-refractivity contribution in [3.63, 3.8) is 0 Å². The van der Waals surface area contributed by atoms with Crippen molar-refractivity contribution in [3.05, 3.63) is 12.2 Å². The highest BCUT2D eigenvalue weighted by Gasteiger charge is 2.10. The molecule has 3 heteroatoms. The van der Waals surface area contributed by atoms with Gasteiger partial charge in [-0.2, -0.15) is 11.8 Å². The van der Waals surface area contributed by atoms with Gasteiger partial charge in [0.25, 0.3) is 0 Å². The Labute approximate surface area is 110 Å². The molecule has 1 rings (SSSR count). The van der Waals surface area contributed by atoms with Gasteiger partial charge in [-0.15, -0.1) is 0 Å². The fourth-order valence-electron chi connectivity index (χ4n) is 1.92. The number of ketones is 1. The minimum absolute atomic E-state index is 0.197. The number of unbranched alkanes of at least 4 members (excludes halogenated alkanes) is 1. The maximum Gasteiger partial charge on any atom is 0.158 e. The average Bonchev–Trinajstić information content (AvgIpc) is 2.37. The number of carbonyl (C=O) groups is 1. The van der Waals surface area contributed by atoms with E-state index in [0.29, 0.717) is 5.78 Å². The molecule has 1 saturated heterocycles. The fraction of sp³-hybridized carbons (Fsp3) is 0.786. The summed E-state index contributed by atoms with van der Waals surface area (Å²) in [5.74, 6) is 2.96. The van der Waals surface area contributed by atoms with Crippen LogP contribution in [0, 0.1) is 5.92 Å². The summed E-state index contributed by atoms with van der Waals surface area (Å²) in [4.78, 5) is 14.2. The number of allylic oxidation sites excluding steroid dienone is 1. The number of thioether (sulfide) groups is 1. The number of rotatable bonds is 7. The number of hydrogen-bond acceptors (Lipinski definition) is 3. The standard InChI is InChI=1S/C14H25NOS/c1-3-4-6-13(2)14(16)7-5-8-15-9-11-17-12-10-15/h5,7,13H,3-4,6,8-12H2,1-2H3/b7-5+. The summed E-state index contributed by atoms with van der Waals surface area (Å²) in [6.07, 6.45) is 7.19. The van der Waals surface area contributed by atoms with Crippen molar-refractivity contribution < 1.29 is 4.79 Å². The monoisotopic (exact) mass is 255 g/mol. The quantitative estimate of drug-likeness (QED) is 0.652. The molecule has 1 fully saturated rings. The van der Waals surface area contributed by atoms with Crippen LogP contribution in [0.25, 0.3) is 0 Å². The molecule has 1 atom stereocenters. The van der Waals surface area contributed by atoms with Crippen LogP contribution in [0.4, 0.5) is 0 Å². The Morgan fingerprint density at radius 3 is 2.76 bits per heavy atom. The molecule has 1 heterocycles. The predicted octanol–water partition coefficient (Wildman–Crippen LogP) is 2.99. The van der Waals surface area contributed by atoms with E-state index in [1.807, 2.05) is 24.8 Å². The second kappa shape index (κ2) is 8.76. The molecule has 0 N–H and O–H groups in total. The second-order valence-corrected chi connectivity index (χ2v) is 5.99. The zero-order chi connectivity index (χ0) is 12.5. The zero-order valence-electron chi connectivity index (χ0n) is 11.2. The highest BCUT2D eigenvalue weighted by Crippen LogP contribution is 2.10. The Bertz CT molecular complexity index is 247. The molecule has 0 saturated carbocycles. The van der Waals surface area contributed by atoms with Gasteiger partial charge >= 0.3 is 0 Å². The fourth-order valence-corrected chi connectivity index (χ4v) is 2.90. The number of nitrogens with zero attached hydrogens (tertiary/aromatic N) is 1. The van der Waals surface area contributed by atoms with Gasteiger partial charge in [-0.25, -0.2) is 0 Å². The molecule has 0 aromatic rings. The highest BCUT2D eigenvalue weighted by molar-refractivity contribution is 7.99. The zero-order valence-corrected chi connectivity index (χ0v) is 12.0. The lowest BCUT2D eigenvalue weighted by atomic mass is 9.99. The first-order valence-electron chi connectivity index (χ1n) is 6.74. The van der Waals surface area contributed by atoms with E-state index >= 15 is 0 Å². The van der Waals surface area contributed by atoms with Gasteiger partial charge in [-0.05, 0) is 12.5 Å². The van der Waals surface area contributed by atoms with Gasteiger partial charge in [0.2, 0.25) is 0 Å². The van der Waals surface area contributed by atoms with Crippen LogP contribution in [0.15, 0.2) is 12.2 Å². The van der Waals surface area contributed by atoms with Crippen molar-refractivity contribution in [2.75, 3.05) is 31.1 Å². The van der Waals surface area contributed by atoms with E-state index in [0.717, 1.165) is 32.5 Å². The average molecular weight is 255 g/mol. The lowest BCUT2D eigenvalue weighted by Gasteiger charge is -2.24. The van der Waals surface area contributed by atoms with Gasteiger partial charge in [-0.3, -0.25) is 9.69 Å². The van der Waals surface area contributed by atoms with Gasteiger partial charge in [-0.1, -0.05) is 32.8 Å². The Kier molecular flexibility index (Phi) is 7.62. The summed E-state index contributed by atoms with van der Waals surface area (Å²) in [5, 5.41) is 0. The van der Waals surface area contributed by atoms with E-state index in [2.05, 4.69) is 11.8 Å². The minimum Gasteiger partial charge on any atom is -0.298 e. The van der Waals surface area contributed by atoms with Crippen LogP contribution >= 0.6 is 11.8 Å². The third-order valence-corrected chi connectivity index (χ3v) is 4.17. The Balaban J connectivity index is 2.19. The van der Waals surface area contributed by atoms with E-state index in [1.165, 1.54) is 17.9 Å². The van der Waals surface area contributed by atoms with Gasteiger partial charge in [0, 0.05) is 37.1 Å². The van der Waals surface area contributed by atoms with Crippen molar-refractivity contribution in [3.8, 4) is 0 Å². The van der Waals surface area contributed by atoms with Gasteiger partial charge in [0.1, 0.15) is 0 Å². The molecular formula is C14H25NOS. The normalized spacial score (nSPS) is 19.6. The first-order valence-corrected chi connectivity index (χ1v) is 7.90. The summed E-state index contributed by atoms with van der Waals surface area (Å²) < 4.78 is 0. The van der Waals surface area contributed by atoms with Crippen LogP contribution < -0.4 is 0 Å². The molecule has 0 bridgehead atoms. The van der Waals surface area contributed by atoms with Crippen LogP contribution in [0.1, 0.15) is 33.1 Å². The molecular weight excluding hydrogens is 230 g/mol. The lowest BCUT2D eigenvalue weighted by molar-refractivity contribution is -0.117. The molecule has 0 radical (unpaired) electrons.